The van der Waals surface area contributed by atoms with Gasteiger partial charge in [0.05, 0.1) is 6.61 Å². The fourth-order valence-corrected chi connectivity index (χ4v) is 1.58. The number of nitrogens with one attached hydrogen (secondary N) is 2. The first-order chi connectivity index (χ1) is 7.71. The number of amides is 1. The Hall–Kier alpha value is -1.47. The molecule has 1 aromatic rings. The zero-order valence-corrected chi connectivity index (χ0v) is 8.90. The van der Waals surface area contributed by atoms with Crippen LogP contribution in [0, 0.1) is 0 Å². The molecule has 2 heterocycles. The molecule has 1 saturated heterocycles. The van der Waals surface area contributed by atoms with Gasteiger partial charge in [-0.2, -0.15) is 5.10 Å². The van der Waals surface area contributed by atoms with Crippen LogP contribution in [0.2, 0.25) is 0 Å². The SMILES string of the molecule is NC1(C(=O)NCCc2ncn[nH]2)CCOC1. The number of aromatic amines is 1. The molecule has 0 radical (unpaired) electrons. The summed E-state index contributed by atoms with van der Waals surface area (Å²) >= 11 is 0. The van der Waals surface area contributed by atoms with Crippen LogP contribution in [0.15, 0.2) is 6.33 Å². The fraction of sp³-hybridized carbons (Fsp3) is 0.667. The number of carbonyl (C=O) groups excluding carboxylic acids is 1. The molecule has 0 spiro atoms. The molecular formula is C9H15N5O2. The molecule has 0 aromatic carbocycles. The van der Waals surface area contributed by atoms with Crippen LogP contribution in [0.3, 0.4) is 0 Å². The molecule has 88 valence electrons. The van der Waals surface area contributed by atoms with Gasteiger partial charge < -0.3 is 15.8 Å². The Bertz CT molecular complexity index is 345. The minimum absolute atomic E-state index is 0.162. The molecule has 0 saturated carbocycles. The third kappa shape index (κ3) is 2.37. The number of hydrogen-bond acceptors (Lipinski definition) is 5. The predicted octanol–water partition coefficient (Wildman–Crippen LogP) is -1.42. The van der Waals surface area contributed by atoms with Gasteiger partial charge in [0, 0.05) is 19.6 Å². The summed E-state index contributed by atoms with van der Waals surface area (Å²) in [5, 5.41) is 9.21. The number of nitrogens with two attached hydrogens (primary N) is 1. The van der Waals surface area contributed by atoms with E-state index in [2.05, 4.69) is 20.5 Å². The topological polar surface area (TPSA) is 106 Å². The first-order valence-electron chi connectivity index (χ1n) is 5.20. The van der Waals surface area contributed by atoms with Gasteiger partial charge in [-0.05, 0) is 6.42 Å². The lowest BCUT2D eigenvalue weighted by Crippen LogP contribution is -2.54. The summed E-state index contributed by atoms with van der Waals surface area (Å²) in [6, 6.07) is 0. The van der Waals surface area contributed by atoms with Gasteiger partial charge in [0.25, 0.3) is 0 Å². The number of ether oxygens (including phenoxy) is 1. The quantitative estimate of drug-likeness (QED) is 0.583. The van der Waals surface area contributed by atoms with Crippen LogP contribution in [0.4, 0.5) is 0 Å². The van der Waals surface area contributed by atoms with Crippen molar-refractivity contribution in [3.63, 3.8) is 0 Å². The summed E-state index contributed by atoms with van der Waals surface area (Å²) in [6.45, 7) is 1.33. The maximum Gasteiger partial charge on any atom is 0.242 e. The number of nitrogens with zero attached hydrogens (tertiary/aromatic N) is 2. The second kappa shape index (κ2) is 4.58. The molecule has 16 heavy (non-hydrogen) atoms. The third-order valence-electron chi connectivity index (χ3n) is 2.62. The molecule has 7 nitrogen and oxygen atoms in total. The largest absolute Gasteiger partial charge is 0.379 e. The summed E-state index contributed by atoms with van der Waals surface area (Å²) in [5.74, 6) is 0.582. The molecule has 1 atom stereocenters. The normalized spacial score (nSPS) is 24.6. The minimum Gasteiger partial charge on any atom is -0.379 e. The second-order valence-electron chi connectivity index (χ2n) is 3.90. The van der Waals surface area contributed by atoms with Crippen LogP contribution >= 0.6 is 0 Å². The third-order valence-corrected chi connectivity index (χ3v) is 2.62. The van der Waals surface area contributed by atoms with Gasteiger partial charge in [-0.1, -0.05) is 0 Å². The monoisotopic (exact) mass is 225 g/mol. The van der Waals surface area contributed by atoms with Crippen LogP contribution in [0.25, 0.3) is 0 Å². The Labute approximate surface area is 92.8 Å². The second-order valence-corrected chi connectivity index (χ2v) is 3.90. The van der Waals surface area contributed by atoms with E-state index in [1.54, 1.807) is 0 Å². The molecule has 1 amide bonds. The Kier molecular flexibility index (Phi) is 3.16. The summed E-state index contributed by atoms with van der Waals surface area (Å²) in [5.41, 5.74) is 5.03. The first kappa shape index (κ1) is 11.0. The predicted molar refractivity (Wildman–Crippen MR) is 55.5 cm³/mol. The van der Waals surface area contributed by atoms with E-state index in [0.717, 1.165) is 5.82 Å². The average Bonchev–Trinajstić information content (AvgIpc) is 2.90. The zero-order chi connectivity index (χ0) is 11.4. The maximum absolute atomic E-state index is 11.7. The average molecular weight is 225 g/mol. The van der Waals surface area contributed by atoms with E-state index in [9.17, 15) is 4.79 Å². The molecule has 0 aliphatic carbocycles. The van der Waals surface area contributed by atoms with Crippen molar-refractivity contribution in [2.75, 3.05) is 19.8 Å². The van der Waals surface area contributed by atoms with Gasteiger partial charge in [0.2, 0.25) is 5.91 Å². The van der Waals surface area contributed by atoms with Crippen molar-refractivity contribution in [3.8, 4) is 0 Å². The molecular weight excluding hydrogens is 210 g/mol. The molecule has 1 aromatic heterocycles. The molecule has 4 N–H and O–H groups in total. The highest BCUT2D eigenvalue weighted by molar-refractivity contribution is 5.86. The Morgan fingerprint density at radius 1 is 1.75 bits per heavy atom. The molecule has 1 fully saturated rings. The van der Waals surface area contributed by atoms with E-state index in [4.69, 9.17) is 10.5 Å². The van der Waals surface area contributed by atoms with E-state index in [0.29, 0.717) is 32.6 Å². The highest BCUT2D eigenvalue weighted by atomic mass is 16.5. The van der Waals surface area contributed by atoms with E-state index in [-0.39, 0.29) is 5.91 Å². The highest BCUT2D eigenvalue weighted by Crippen LogP contribution is 2.15. The van der Waals surface area contributed by atoms with Crippen molar-refractivity contribution in [2.24, 2.45) is 5.73 Å². The standard InChI is InChI=1S/C9H15N5O2/c10-9(2-4-16-5-9)8(15)11-3-1-7-12-6-13-14-7/h6H,1-5,10H2,(H,11,15)(H,12,13,14). The highest BCUT2D eigenvalue weighted by Gasteiger charge is 2.37. The molecule has 1 unspecified atom stereocenters. The minimum atomic E-state index is -0.860. The van der Waals surface area contributed by atoms with Gasteiger partial charge in [0.15, 0.2) is 0 Å². The first-order valence-corrected chi connectivity index (χ1v) is 5.20. The fourth-order valence-electron chi connectivity index (χ4n) is 1.58. The lowest BCUT2D eigenvalue weighted by atomic mass is 9.99. The smallest absolute Gasteiger partial charge is 0.242 e. The van der Waals surface area contributed by atoms with Gasteiger partial charge in [0.1, 0.15) is 17.7 Å². The van der Waals surface area contributed by atoms with Crippen molar-refractivity contribution in [2.45, 2.75) is 18.4 Å². The Morgan fingerprint density at radius 3 is 3.25 bits per heavy atom. The Balaban J connectivity index is 1.75. The molecule has 1 aliphatic rings. The van der Waals surface area contributed by atoms with Crippen molar-refractivity contribution in [1.82, 2.24) is 20.5 Å². The molecule has 0 bridgehead atoms. The number of aromatic nitrogens is 3. The summed E-state index contributed by atoms with van der Waals surface area (Å²) < 4.78 is 5.12. The lowest BCUT2D eigenvalue weighted by Gasteiger charge is -2.20. The maximum atomic E-state index is 11.7. The molecule has 7 heteroatoms. The van der Waals surface area contributed by atoms with Crippen LogP contribution in [-0.2, 0) is 16.0 Å². The van der Waals surface area contributed by atoms with Crippen molar-refractivity contribution in [1.29, 1.82) is 0 Å². The van der Waals surface area contributed by atoms with Crippen LogP contribution in [0.1, 0.15) is 12.2 Å². The number of rotatable bonds is 4. The van der Waals surface area contributed by atoms with Crippen molar-refractivity contribution >= 4 is 5.91 Å². The van der Waals surface area contributed by atoms with E-state index < -0.39 is 5.54 Å². The molecule has 2 rings (SSSR count). The number of H-pyrrole nitrogens is 1. The molecule has 1 aliphatic heterocycles. The van der Waals surface area contributed by atoms with E-state index in [1.807, 2.05) is 0 Å². The summed E-state index contributed by atoms with van der Waals surface area (Å²) in [4.78, 5) is 15.7. The lowest BCUT2D eigenvalue weighted by molar-refractivity contribution is -0.126. The van der Waals surface area contributed by atoms with E-state index >= 15 is 0 Å². The van der Waals surface area contributed by atoms with Gasteiger partial charge in [-0.3, -0.25) is 9.89 Å². The van der Waals surface area contributed by atoms with Crippen LogP contribution in [0.5, 0.6) is 0 Å². The Morgan fingerprint density at radius 2 is 2.62 bits per heavy atom. The van der Waals surface area contributed by atoms with Crippen molar-refractivity contribution in [3.05, 3.63) is 12.2 Å². The van der Waals surface area contributed by atoms with Crippen LogP contribution in [-0.4, -0.2) is 46.4 Å². The zero-order valence-electron chi connectivity index (χ0n) is 8.90. The summed E-state index contributed by atoms with van der Waals surface area (Å²) in [7, 11) is 0. The van der Waals surface area contributed by atoms with E-state index in [1.165, 1.54) is 6.33 Å². The van der Waals surface area contributed by atoms with Crippen LogP contribution < -0.4 is 11.1 Å². The summed E-state index contributed by atoms with van der Waals surface area (Å²) in [6.07, 6.45) is 2.62. The van der Waals surface area contributed by atoms with Gasteiger partial charge in [-0.15, -0.1) is 0 Å². The van der Waals surface area contributed by atoms with Crippen molar-refractivity contribution < 1.29 is 9.53 Å². The van der Waals surface area contributed by atoms with Gasteiger partial charge >= 0.3 is 0 Å². The number of hydrogen-bond donors (Lipinski definition) is 3. The number of carbonyl (C=O) groups is 1. The van der Waals surface area contributed by atoms with Gasteiger partial charge in [-0.25, -0.2) is 4.98 Å².